The molecule has 0 saturated carbocycles. The van der Waals surface area contributed by atoms with Gasteiger partial charge in [-0.15, -0.1) is 0 Å². The van der Waals surface area contributed by atoms with Gasteiger partial charge < -0.3 is 10.6 Å². The predicted octanol–water partition coefficient (Wildman–Crippen LogP) is 2.53. The van der Waals surface area contributed by atoms with Gasteiger partial charge in [-0.05, 0) is 42.5 Å². The number of nitrogens with zero attached hydrogens (tertiary/aromatic N) is 1. The molecule has 0 aliphatic carbocycles. The fourth-order valence-corrected chi connectivity index (χ4v) is 1.65. The largest absolute Gasteiger partial charge is 0.497 e. The third kappa shape index (κ3) is 3.36. The molecule has 0 heterocycles. The Kier molecular flexibility index (Phi) is 4.35. The van der Waals surface area contributed by atoms with E-state index in [2.05, 4.69) is 16.9 Å². The van der Waals surface area contributed by atoms with Gasteiger partial charge in [-0.2, -0.15) is 5.10 Å². The lowest BCUT2D eigenvalue weighted by Gasteiger charge is -1.99. The van der Waals surface area contributed by atoms with E-state index in [-0.39, 0.29) is 5.82 Å². The van der Waals surface area contributed by atoms with Crippen molar-refractivity contribution in [3.05, 3.63) is 65.0 Å². The number of benzene rings is 2. The average molecular weight is 268 g/mol. The summed E-state index contributed by atoms with van der Waals surface area (Å²) in [4.78, 5) is 0. The maximum atomic E-state index is 13.2. The van der Waals surface area contributed by atoms with Crippen molar-refractivity contribution in [2.45, 2.75) is 0 Å². The first kappa shape index (κ1) is 13.6. The molecule has 0 fully saturated rings. The fourth-order valence-electron chi connectivity index (χ4n) is 1.65. The molecule has 20 heavy (non-hydrogen) atoms. The van der Waals surface area contributed by atoms with Crippen LogP contribution < -0.4 is 10.6 Å². The van der Waals surface area contributed by atoms with Gasteiger partial charge in [0.15, 0.2) is 0 Å². The standard InChI is InChI=1S/C16H13FN2O/c1-20-16-8-3-12(4-9-16)2-5-13-6-7-15(17)10-14(13)11-19-18/h3-4,6-11H,18H2,1H3. The Balaban J connectivity index is 2.32. The molecule has 0 saturated heterocycles. The van der Waals surface area contributed by atoms with Gasteiger partial charge in [-0.25, -0.2) is 4.39 Å². The predicted molar refractivity (Wildman–Crippen MR) is 77.2 cm³/mol. The molecule has 2 rings (SSSR count). The number of halogens is 1. The minimum Gasteiger partial charge on any atom is -0.497 e. The van der Waals surface area contributed by atoms with Gasteiger partial charge in [-0.1, -0.05) is 11.8 Å². The van der Waals surface area contributed by atoms with Gasteiger partial charge in [-0.3, -0.25) is 0 Å². The van der Waals surface area contributed by atoms with Crippen LogP contribution >= 0.6 is 0 Å². The summed E-state index contributed by atoms with van der Waals surface area (Å²) in [6, 6.07) is 11.7. The van der Waals surface area contributed by atoms with Crippen molar-refractivity contribution in [2.75, 3.05) is 7.11 Å². The quantitative estimate of drug-likeness (QED) is 0.394. The first-order chi connectivity index (χ1) is 9.72. The monoisotopic (exact) mass is 268 g/mol. The first-order valence-electron chi connectivity index (χ1n) is 5.92. The zero-order chi connectivity index (χ0) is 14.4. The van der Waals surface area contributed by atoms with Crippen LogP contribution in [0.2, 0.25) is 0 Å². The number of nitrogens with two attached hydrogens (primary N) is 1. The van der Waals surface area contributed by atoms with Crippen LogP contribution in [-0.4, -0.2) is 13.3 Å². The van der Waals surface area contributed by atoms with Crippen LogP contribution in [-0.2, 0) is 0 Å². The van der Waals surface area contributed by atoms with Gasteiger partial charge in [0.05, 0.1) is 13.3 Å². The maximum absolute atomic E-state index is 13.2. The summed E-state index contributed by atoms with van der Waals surface area (Å²) < 4.78 is 18.2. The van der Waals surface area contributed by atoms with Crippen LogP contribution in [0.5, 0.6) is 5.75 Å². The summed E-state index contributed by atoms with van der Waals surface area (Å²) in [6.07, 6.45) is 1.38. The molecule has 0 aliphatic heterocycles. The van der Waals surface area contributed by atoms with Gasteiger partial charge in [0.1, 0.15) is 11.6 Å². The molecule has 2 N–H and O–H groups in total. The highest BCUT2D eigenvalue weighted by Crippen LogP contribution is 2.11. The van der Waals surface area contributed by atoms with Crippen LogP contribution in [0.15, 0.2) is 47.6 Å². The van der Waals surface area contributed by atoms with Crippen molar-refractivity contribution in [1.82, 2.24) is 0 Å². The molecule has 3 nitrogen and oxygen atoms in total. The summed E-state index contributed by atoms with van der Waals surface area (Å²) >= 11 is 0. The van der Waals surface area contributed by atoms with E-state index in [4.69, 9.17) is 10.6 Å². The fraction of sp³-hybridized carbons (Fsp3) is 0.0625. The molecule has 0 unspecified atom stereocenters. The smallest absolute Gasteiger partial charge is 0.123 e. The minimum atomic E-state index is -0.352. The molecule has 0 aromatic heterocycles. The SMILES string of the molecule is COc1ccc(C#Cc2ccc(F)cc2C=NN)cc1. The molecule has 4 heteroatoms. The number of hydrogen-bond acceptors (Lipinski definition) is 3. The number of methoxy groups -OCH3 is 1. The lowest BCUT2D eigenvalue weighted by atomic mass is 10.1. The Morgan fingerprint density at radius 2 is 1.90 bits per heavy atom. The molecule has 2 aromatic rings. The lowest BCUT2D eigenvalue weighted by molar-refractivity contribution is 0.415. The van der Waals surface area contributed by atoms with E-state index < -0.39 is 0 Å². The van der Waals surface area contributed by atoms with Crippen molar-refractivity contribution in [1.29, 1.82) is 0 Å². The molecular formula is C16H13FN2O. The molecular weight excluding hydrogens is 255 g/mol. The maximum Gasteiger partial charge on any atom is 0.123 e. The summed E-state index contributed by atoms with van der Waals surface area (Å²) in [5, 5.41) is 3.41. The van der Waals surface area contributed by atoms with Gasteiger partial charge in [0, 0.05) is 16.7 Å². The minimum absolute atomic E-state index is 0.352. The highest BCUT2D eigenvalue weighted by Gasteiger charge is 1.99. The molecule has 0 aliphatic rings. The molecule has 100 valence electrons. The molecule has 0 atom stereocenters. The zero-order valence-electron chi connectivity index (χ0n) is 10.9. The van der Waals surface area contributed by atoms with E-state index in [0.29, 0.717) is 11.1 Å². The van der Waals surface area contributed by atoms with Crippen molar-refractivity contribution in [3.63, 3.8) is 0 Å². The summed E-state index contributed by atoms with van der Waals surface area (Å²) in [6.45, 7) is 0. The van der Waals surface area contributed by atoms with Crippen molar-refractivity contribution < 1.29 is 9.13 Å². The number of hydrogen-bond donors (Lipinski definition) is 1. The highest BCUT2D eigenvalue weighted by molar-refractivity contribution is 5.83. The van der Waals surface area contributed by atoms with Crippen LogP contribution in [0, 0.1) is 17.7 Å². The topological polar surface area (TPSA) is 47.6 Å². The Morgan fingerprint density at radius 3 is 2.55 bits per heavy atom. The zero-order valence-corrected chi connectivity index (χ0v) is 10.9. The van der Waals surface area contributed by atoms with Crippen LogP contribution in [0.4, 0.5) is 4.39 Å². The normalized spacial score (nSPS) is 10.1. The number of hydrazone groups is 1. The van der Waals surface area contributed by atoms with Crippen molar-refractivity contribution >= 4 is 6.21 Å². The molecule has 0 radical (unpaired) electrons. The second-order valence-electron chi connectivity index (χ2n) is 3.99. The molecule has 0 bridgehead atoms. The first-order valence-corrected chi connectivity index (χ1v) is 5.92. The highest BCUT2D eigenvalue weighted by atomic mass is 19.1. The van der Waals surface area contributed by atoms with Gasteiger partial charge >= 0.3 is 0 Å². The Hall–Kier alpha value is -2.80. The van der Waals surface area contributed by atoms with Crippen LogP contribution in [0.1, 0.15) is 16.7 Å². The van der Waals surface area contributed by atoms with E-state index in [0.717, 1.165) is 11.3 Å². The van der Waals surface area contributed by atoms with Crippen LogP contribution in [0.3, 0.4) is 0 Å². The molecule has 2 aromatic carbocycles. The second-order valence-corrected chi connectivity index (χ2v) is 3.99. The third-order valence-electron chi connectivity index (χ3n) is 2.66. The van der Waals surface area contributed by atoms with E-state index in [1.165, 1.54) is 18.3 Å². The Bertz CT molecular complexity index is 682. The third-order valence-corrected chi connectivity index (χ3v) is 2.66. The Morgan fingerprint density at radius 1 is 1.15 bits per heavy atom. The number of rotatable bonds is 2. The van der Waals surface area contributed by atoms with E-state index in [9.17, 15) is 4.39 Å². The van der Waals surface area contributed by atoms with Gasteiger partial charge in [0.25, 0.3) is 0 Å². The average Bonchev–Trinajstić information content (AvgIpc) is 2.47. The summed E-state index contributed by atoms with van der Waals surface area (Å²) in [5.41, 5.74) is 2.05. The van der Waals surface area contributed by atoms with Crippen molar-refractivity contribution in [2.24, 2.45) is 10.9 Å². The molecule has 0 spiro atoms. The second kappa shape index (κ2) is 6.39. The molecule has 0 amide bonds. The summed E-state index contributed by atoms with van der Waals surface area (Å²) in [5.74, 6) is 11.5. The Labute approximate surface area is 116 Å². The van der Waals surface area contributed by atoms with Crippen molar-refractivity contribution in [3.8, 4) is 17.6 Å². The number of ether oxygens (including phenoxy) is 1. The summed E-state index contributed by atoms with van der Waals surface area (Å²) in [7, 11) is 1.61. The lowest BCUT2D eigenvalue weighted by Crippen LogP contribution is -1.92. The van der Waals surface area contributed by atoms with E-state index >= 15 is 0 Å². The van der Waals surface area contributed by atoms with E-state index in [1.807, 2.05) is 24.3 Å². The van der Waals surface area contributed by atoms with Crippen LogP contribution in [0.25, 0.3) is 0 Å². The van der Waals surface area contributed by atoms with Gasteiger partial charge in [0.2, 0.25) is 0 Å². The van der Waals surface area contributed by atoms with E-state index in [1.54, 1.807) is 13.2 Å².